The van der Waals surface area contributed by atoms with Gasteiger partial charge in [-0.3, -0.25) is 4.99 Å². The number of nitrogens with zero attached hydrogens (tertiary/aromatic N) is 2. The first-order valence-electron chi connectivity index (χ1n) is 5.16. The van der Waals surface area contributed by atoms with Gasteiger partial charge >= 0.3 is 0 Å². The van der Waals surface area contributed by atoms with Gasteiger partial charge in [0.1, 0.15) is 0 Å². The van der Waals surface area contributed by atoms with Crippen LogP contribution in [0.4, 0.5) is 0 Å². The molecule has 94 valence electrons. The van der Waals surface area contributed by atoms with E-state index in [0.717, 1.165) is 37.1 Å². The number of guanidine groups is 1. The second-order valence-corrected chi connectivity index (χ2v) is 5.58. The molecule has 6 heteroatoms. The fourth-order valence-corrected chi connectivity index (χ4v) is 2.74. The summed E-state index contributed by atoms with van der Waals surface area (Å²) in [5.41, 5.74) is 5.90. The van der Waals surface area contributed by atoms with Crippen LogP contribution in [-0.2, 0) is 0 Å². The molecular weight excluding hydrogens is 353 g/mol. The Bertz CT molecular complexity index is 218. The van der Waals surface area contributed by atoms with E-state index >= 15 is 0 Å². The molecule has 0 amide bonds. The number of hydrogen-bond donors (Lipinski definition) is 1. The number of aliphatic imine (C=N–C) groups is 1. The maximum absolute atomic E-state index is 5.90. The van der Waals surface area contributed by atoms with Gasteiger partial charge in [0.25, 0.3) is 0 Å². The molecular formula is C10H20IN3S2. The molecule has 0 aliphatic carbocycles. The van der Waals surface area contributed by atoms with E-state index in [4.69, 9.17) is 5.73 Å². The zero-order valence-electron chi connectivity index (χ0n) is 9.43. The molecule has 1 rings (SSSR count). The summed E-state index contributed by atoms with van der Waals surface area (Å²) in [5.74, 6) is 5.07. The summed E-state index contributed by atoms with van der Waals surface area (Å²) >= 11 is 3.82. The first kappa shape index (κ1) is 16.4. The summed E-state index contributed by atoms with van der Waals surface area (Å²) in [6.45, 7) is 6.57. The molecule has 0 aromatic heterocycles. The first-order chi connectivity index (χ1) is 7.34. The Morgan fingerprint density at radius 1 is 1.50 bits per heavy atom. The van der Waals surface area contributed by atoms with Crippen molar-refractivity contribution in [2.45, 2.75) is 0 Å². The second-order valence-electron chi connectivity index (χ2n) is 3.20. The van der Waals surface area contributed by atoms with Crippen LogP contribution >= 0.6 is 47.5 Å². The van der Waals surface area contributed by atoms with Crippen molar-refractivity contribution in [2.24, 2.45) is 10.7 Å². The van der Waals surface area contributed by atoms with Crippen molar-refractivity contribution in [3.05, 3.63) is 12.7 Å². The van der Waals surface area contributed by atoms with Gasteiger partial charge < -0.3 is 10.6 Å². The van der Waals surface area contributed by atoms with Crippen LogP contribution in [0.1, 0.15) is 0 Å². The van der Waals surface area contributed by atoms with Crippen molar-refractivity contribution in [1.29, 1.82) is 0 Å². The van der Waals surface area contributed by atoms with Crippen molar-refractivity contribution in [3.63, 3.8) is 0 Å². The number of nitrogens with two attached hydrogens (primary N) is 1. The maximum atomic E-state index is 5.90. The maximum Gasteiger partial charge on any atom is 0.191 e. The van der Waals surface area contributed by atoms with E-state index < -0.39 is 0 Å². The highest BCUT2D eigenvalue weighted by Gasteiger charge is 2.11. The lowest BCUT2D eigenvalue weighted by atomic mass is 10.5. The minimum atomic E-state index is 0. The molecule has 3 nitrogen and oxygen atoms in total. The van der Waals surface area contributed by atoms with Crippen LogP contribution in [0.25, 0.3) is 0 Å². The Hall–Kier alpha value is 0.440. The van der Waals surface area contributed by atoms with Crippen LogP contribution in [0.15, 0.2) is 17.6 Å². The van der Waals surface area contributed by atoms with Crippen molar-refractivity contribution >= 4 is 53.5 Å². The van der Waals surface area contributed by atoms with Gasteiger partial charge in [0.2, 0.25) is 0 Å². The Kier molecular flexibility index (Phi) is 10.9. The van der Waals surface area contributed by atoms with Gasteiger partial charge in [0.05, 0.1) is 6.54 Å². The Morgan fingerprint density at radius 3 is 2.81 bits per heavy atom. The lowest BCUT2D eigenvalue weighted by Crippen LogP contribution is -2.42. The summed E-state index contributed by atoms with van der Waals surface area (Å²) in [5, 5.41) is 0. The third-order valence-electron chi connectivity index (χ3n) is 2.08. The molecule has 0 aromatic carbocycles. The molecule has 1 heterocycles. The minimum Gasteiger partial charge on any atom is -0.370 e. The summed E-state index contributed by atoms with van der Waals surface area (Å²) < 4.78 is 0. The third-order valence-corrected chi connectivity index (χ3v) is 3.97. The van der Waals surface area contributed by atoms with Gasteiger partial charge in [-0.1, -0.05) is 6.08 Å². The molecule has 1 fully saturated rings. The summed E-state index contributed by atoms with van der Waals surface area (Å²) in [6, 6.07) is 0. The van der Waals surface area contributed by atoms with Gasteiger partial charge in [-0.25, -0.2) is 0 Å². The van der Waals surface area contributed by atoms with Crippen molar-refractivity contribution in [3.8, 4) is 0 Å². The average molecular weight is 373 g/mol. The molecule has 0 saturated carbocycles. The van der Waals surface area contributed by atoms with Crippen molar-refractivity contribution in [2.75, 3.05) is 42.6 Å². The van der Waals surface area contributed by atoms with E-state index in [0.29, 0.717) is 0 Å². The molecule has 0 spiro atoms. The van der Waals surface area contributed by atoms with E-state index in [1.54, 1.807) is 0 Å². The highest BCUT2D eigenvalue weighted by molar-refractivity contribution is 14.0. The number of rotatable bonds is 5. The summed E-state index contributed by atoms with van der Waals surface area (Å²) in [6.07, 6.45) is 1.92. The molecule has 0 atom stereocenters. The standard InChI is InChI=1S/C10H19N3S2.HI/c1-2-6-14-7-3-12-10(11)13-4-8-15-9-5-13;/h2H,1,3-9H2,(H2,11,12);1H. The van der Waals surface area contributed by atoms with Crippen LogP contribution in [-0.4, -0.2) is 53.5 Å². The zero-order valence-corrected chi connectivity index (χ0v) is 13.4. The fourth-order valence-electron chi connectivity index (χ4n) is 1.28. The van der Waals surface area contributed by atoms with Crippen molar-refractivity contribution < 1.29 is 0 Å². The van der Waals surface area contributed by atoms with Crippen LogP contribution in [0, 0.1) is 0 Å². The number of thioether (sulfide) groups is 2. The molecule has 1 aliphatic rings. The fraction of sp³-hybridized carbons (Fsp3) is 0.700. The Balaban J connectivity index is 0.00000225. The van der Waals surface area contributed by atoms with Gasteiger partial charge in [0, 0.05) is 36.1 Å². The quantitative estimate of drug-likeness (QED) is 0.263. The normalized spacial score (nSPS) is 16.8. The van der Waals surface area contributed by atoms with Crippen LogP contribution in [0.5, 0.6) is 0 Å². The molecule has 0 radical (unpaired) electrons. The van der Waals surface area contributed by atoms with Gasteiger partial charge in [-0.2, -0.15) is 23.5 Å². The monoisotopic (exact) mass is 373 g/mol. The van der Waals surface area contributed by atoms with Crippen molar-refractivity contribution in [1.82, 2.24) is 4.90 Å². The van der Waals surface area contributed by atoms with Gasteiger partial charge in [-0.05, 0) is 0 Å². The highest BCUT2D eigenvalue weighted by Crippen LogP contribution is 2.08. The Morgan fingerprint density at radius 2 is 2.19 bits per heavy atom. The topological polar surface area (TPSA) is 41.6 Å². The smallest absolute Gasteiger partial charge is 0.191 e. The predicted molar refractivity (Wildman–Crippen MR) is 88.3 cm³/mol. The summed E-state index contributed by atoms with van der Waals surface area (Å²) in [4.78, 5) is 6.55. The molecule has 2 N–H and O–H groups in total. The van der Waals surface area contributed by atoms with E-state index in [1.165, 1.54) is 11.5 Å². The van der Waals surface area contributed by atoms with Crippen LogP contribution in [0.3, 0.4) is 0 Å². The van der Waals surface area contributed by atoms with Gasteiger partial charge in [0.15, 0.2) is 5.96 Å². The van der Waals surface area contributed by atoms with Crippen LogP contribution < -0.4 is 5.73 Å². The highest BCUT2D eigenvalue weighted by atomic mass is 127. The number of hydrogen-bond acceptors (Lipinski definition) is 3. The second kappa shape index (κ2) is 10.6. The SMILES string of the molecule is C=CCSCCN=C(N)N1CCSCC1.I. The molecule has 0 bridgehead atoms. The number of halogens is 1. The zero-order chi connectivity index (χ0) is 10.9. The minimum absolute atomic E-state index is 0. The lowest BCUT2D eigenvalue weighted by Gasteiger charge is -2.27. The molecule has 0 unspecified atom stereocenters. The van der Waals surface area contributed by atoms with E-state index in [-0.39, 0.29) is 24.0 Å². The predicted octanol–water partition coefficient (Wildman–Crippen LogP) is 1.89. The molecule has 0 aromatic rings. The van der Waals surface area contributed by atoms with E-state index in [1.807, 2.05) is 29.6 Å². The van der Waals surface area contributed by atoms with Gasteiger partial charge in [-0.15, -0.1) is 30.6 Å². The Labute approximate surface area is 124 Å². The lowest BCUT2D eigenvalue weighted by molar-refractivity contribution is 0.456. The summed E-state index contributed by atoms with van der Waals surface area (Å²) in [7, 11) is 0. The average Bonchev–Trinajstić information content (AvgIpc) is 2.30. The molecule has 16 heavy (non-hydrogen) atoms. The van der Waals surface area contributed by atoms with E-state index in [9.17, 15) is 0 Å². The first-order valence-corrected chi connectivity index (χ1v) is 7.47. The largest absolute Gasteiger partial charge is 0.370 e. The van der Waals surface area contributed by atoms with Crippen LogP contribution in [0.2, 0.25) is 0 Å². The van der Waals surface area contributed by atoms with E-state index in [2.05, 4.69) is 16.5 Å². The molecule has 1 saturated heterocycles. The third kappa shape index (κ3) is 6.90. The molecule has 1 aliphatic heterocycles.